The molecule has 0 unspecified atom stereocenters. The van der Waals surface area contributed by atoms with Crippen LogP contribution in [0.2, 0.25) is 0 Å². The van der Waals surface area contributed by atoms with Crippen molar-refractivity contribution in [3.8, 4) is 0 Å². The molecular weight excluding hydrogens is 380 g/mol. The third-order valence-electron chi connectivity index (χ3n) is 3.71. The van der Waals surface area contributed by atoms with E-state index < -0.39 is 22.8 Å². The fourth-order valence-corrected chi connectivity index (χ4v) is 2.49. The summed E-state index contributed by atoms with van der Waals surface area (Å²) < 4.78 is 19.9. The van der Waals surface area contributed by atoms with Crippen LogP contribution < -0.4 is 0 Å². The molecular formula is C21H32O8. The summed E-state index contributed by atoms with van der Waals surface area (Å²) in [7, 11) is 0. The number of carbonyl (C=O) groups is 4. The highest BCUT2D eigenvalue weighted by molar-refractivity contribution is 5.80. The van der Waals surface area contributed by atoms with Gasteiger partial charge in [-0.2, -0.15) is 0 Å². The number of hydrogen-bond donors (Lipinski definition) is 0. The zero-order chi connectivity index (χ0) is 22.5. The quantitative estimate of drug-likeness (QED) is 0.274. The standard InChI is InChI=1S/C21H32O8/c1-16(22)26-11-7-9-13-28-18(24)20(3,4)15-21(5,6)19(25)29-14-10-8-12-27-17(2)23/h7-10H,11-15H2,1-6H3/b9-7+,10-8+. The number of hydrogen-bond acceptors (Lipinski definition) is 8. The second kappa shape index (κ2) is 12.7. The first-order valence-corrected chi connectivity index (χ1v) is 9.29. The second-order valence-corrected chi connectivity index (χ2v) is 7.69. The Morgan fingerprint density at radius 2 is 0.862 bits per heavy atom. The molecule has 0 aromatic rings. The predicted molar refractivity (Wildman–Crippen MR) is 106 cm³/mol. The van der Waals surface area contributed by atoms with Crippen molar-refractivity contribution in [1.82, 2.24) is 0 Å². The molecule has 0 aliphatic rings. The summed E-state index contributed by atoms with van der Waals surface area (Å²) in [4.78, 5) is 46.0. The number of esters is 4. The summed E-state index contributed by atoms with van der Waals surface area (Å²) in [6, 6.07) is 0. The van der Waals surface area contributed by atoms with Crippen molar-refractivity contribution in [2.75, 3.05) is 26.4 Å². The lowest BCUT2D eigenvalue weighted by Crippen LogP contribution is -2.37. The Labute approximate surface area is 172 Å². The minimum atomic E-state index is -0.905. The molecule has 0 bridgehead atoms. The topological polar surface area (TPSA) is 105 Å². The van der Waals surface area contributed by atoms with E-state index in [1.807, 2.05) is 0 Å². The van der Waals surface area contributed by atoms with Crippen molar-refractivity contribution in [2.45, 2.75) is 48.0 Å². The van der Waals surface area contributed by atoms with E-state index in [0.29, 0.717) is 0 Å². The molecule has 0 atom stereocenters. The van der Waals surface area contributed by atoms with Crippen LogP contribution in [0, 0.1) is 10.8 Å². The largest absolute Gasteiger partial charge is 0.462 e. The zero-order valence-electron chi connectivity index (χ0n) is 18.1. The molecule has 0 heterocycles. The smallest absolute Gasteiger partial charge is 0.311 e. The summed E-state index contributed by atoms with van der Waals surface area (Å²) in [5.74, 6) is -1.67. The highest BCUT2D eigenvalue weighted by Crippen LogP contribution is 2.35. The number of carbonyl (C=O) groups excluding carboxylic acids is 4. The molecule has 0 spiro atoms. The van der Waals surface area contributed by atoms with Gasteiger partial charge in [-0.15, -0.1) is 0 Å². The van der Waals surface area contributed by atoms with Crippen LogP contribution in [0.5, 0.6) is 0 Å². The van der Waals surface area contributed by atoms with Gasteiger partial charge in [-0.1, -0.05) is 0 Å². The Kier molecular flexibility index (Phi) is 11.6. The van der Waals surface area contributed by atoms with Gasteiger partial charge >= 0.3 is 23.9 Å². The Hall–Kier alpha value is -2.64. The lowest BCUT2D eigenvalue weighted by atomic mass is 9.75. The predicted octanol–water partition coefficient (Wildman–Crippen LogP) is 2.75. The van der Waals surface area contributed by atoms with Crippen molar-refractivity contribution in [3.63, 3.8) is 0 Å². The van der Waals surface area contributed by atoms with Crippen molar-refractivity contribution in [1.29, 1.82) is 0 Å². The molecule has 0 fully saturated rings. The molecule has 0 aromatic carbocycles. The van der Waals surface area contributed by atoms with E-state index >= 15 is 0 Å². The van der Waals surface area contributed by atoms with E-state index in [1.165, 1.54) is 13.8 Å². The van der Waals surface area contributed by atoms with Gasteiger partial charge in [0, 0.05) is 13.8 Å². The molecule has 0 amide bonds. The normalized spacial score (nSPS) is 12.1. The fourth-order valence-electron chi connectivity index (χ4n) is 2.49. The van der Waals surface area contributed by atoms with Gasteiger partial charge in [0.25, 0.3) is 0 Å². The summed E-state index contributed by atoms with van der Waals surface area (Å²) in [5.41, 5.74) is -1.81. The SMILES string of the molecule is CC(=O)OC/C=C/COC(=O)C(C)(C)CC(C)(C)C(=O)OC/C=C/COC(C)=O. The van der Waals surface area contributed by atoms with Crippen molar-refractivity contribution in [3.05, 3.63) is 24.3 Å². The molecule has 0 aromatic heterocycles. The van der Waals surface area contributed by atoms with Gasteiger partial charge in [0.15, 0.2) is 0 Å². The fraction of sp³-hybridized carbons (Fsp3) is 0.619. The average Bonchev–Trinajstić information content (AvgIpc) is 2.59. The van der Waals surface area contributed by atoms with Crippen molar-refractivity contribution < 1.29 is 38.1 Å². The molecule has 0 saturated heterocycles. The Bertz CT molecular complexity index is 575. The monoisotopic (exact) mass is 412 g/mol. The average molecular weight is 412 g/mol. The molecule has 164 valence electrons. The maximum atomic E-state index is 12.3. The van der Waals surface area contributed by atoms with Crippen molar-refractivity contribution in [2.24, 2.45) is 10.8 Å². The van der Waals surface area contributed by atoms with Crippen LogP contribution >= 0.6 is 0 Å². The highest BCUT2D eigenvalue weighted by Gasteiger charge is 2.40. The zero-order valence-corrected chi connectivity index (χ0v) is 18.1. The molecule has 0 saturated carbocycles. The van der Waals surface area contributed by atoms with Gasteiger partial charge in [0.05, 0.1) is 10.8 Å². The van der Waals surface area contributed by atoms with Gasteiger partial charge in [-0.05, 0) is 58.4 Å². The van der Waals surface area contributed by atoms with Gasteiger partial charge in [0.1, 0.15) is 26.4 Å². The molecule has 0 rings (SSSR count). The van der Waals surface area contributed by atoms with E-state index in [-0.39, 0.29) is 44.8 Å². The first-order chi connectivity index (χ1) is 13.4. The molecule has 0 aliphatic carbocycles. The van der Waals surface area contributed by atoms with Gasteiger partial charge in [0.2, 0.25) is 0 Å². The van der Waals surface area contributed by atoms with E-state index in [1.54, 1.807) is 52.0 Å². The molecule has 8 heteroatoms. The summed E-state index contributed by atoms with van der Waals surface area (Å²) >= 11 is 0. The summed E-state index contributed by atoms with van der Waals surface area (Å²) in [6.07, 6.45) is 6.55. The molecule has 0 aliphatic heterocycles. The van der Waals surface area contributed by atoms with Gasteiger partial charge in [-0.3, -0.25) is 19.2 Å². The van der Waals surface area contributed by atoms with Crippen LogP contribution in [-0.2, 0) is 38.1 Å². The molecule has 0 N–H and O–H groups in total. The lowest BCUT2D eigenvalue weighted by molar-refractivity contribution is -0.160. The molecule has 29 heavy (non-hydrogen) atoms. The minimum Gasteiger partial charge on any atom is -0.462 e. The van der Waals surface area contributed by atoms with E-state index in [0.717, 1.165) is 0 Å². The highest BCUT2D eigenvalue weighted by atomic mass is 16.5. The third-order valence-corrected chi connectivity index (χ3v) is 3.71. The third kappa shape index (κ3) is 12.4. The van der Waals surface area contributed by atoms with Crippen LogP contribution in [-0.4, -0.2) is 50.3 Å². The minimum absolute atomic E-state index is 0.0432. The molecule has 0 radical (unpaired) electrons. The van der Waals surface area contributed by atoms with E-state index in [9.17, 15) is 19.2 Å². The van der Waals surface area contributed by atoms with Crippen LogP contribution in [0.1, 0.15) is 48.0 Å². The second-order valence-electron chi connectivity index (χ2n) is 7.69. The Morgan fingerprint density at radius 3 is 1.14 bits per heavy atom. The van der Waals surface area contributed by atoms with Crippen molar-refractivity contribution >= 4 is 23.9 Å². The van der Waals surface area contributed by atoms with E-state index in [2.05, 4.69) is 0 Å². The number of rotatable bonds is 12. The van der Waals surface area contributed by atoms with Gasteiger partial charge in [-0.25, -0.2) is 0 Å². The first kappa shape index (κ1) is 26.4. The summed E-state index contributed by atoms with van der Waals surface area (Å²) in [5, 5.41) is 0. The maximum absolute atomic E-state index is 12.3. The maximum Gasteiger partial charge on any atom is 0.311 e. The van der Waals surface area contributed by atoms with Crippen LogP contribution in [0.4, 0.5) is 0 Å². The van der Waals surface area contributed by atoms with Gasteiger partial charge < -0.3 is 18.9 Å². The van der Waals surface area contributed by atoms with Crippen LogP contribution in [0.25, 0.3) is 0 Å². The van der Waals surface area contributed by atoms with E-state index in [4.69, 9.17) is 18.9 Å². The summed E-state index contributed by atoms with van der Waals surface area (Å²) in [6.45, 7) is 9.73. The number of ether oxygens (including phenoxy) is 4. The van der Waals surface area contributed by atoms with Crippen LogP contribution in [0.15, 0.2) is 24.3 Å². The lowest BCUT2D eigenvalue weighted by Gasteiger charge is -2.31. The van der Waals surface area contributed by atoms with Crippen LogP contribution in [0.3, 0.4) is 0 Å². The Morgan fingerprint density at radius 1 is 0.586 bits per heavy atom. The molecule has 8 nitrogen and oxygen atoms in total. The first-order valence-electron chi connectivity index (χ1n) is 9.29. The Balaban J connectivity index is 4.46.